The maximum atomic E-state index is 12.9. The van der Waals surface area contributed by atoms with Crippen LogP contribution in [0.4, 0.5) is 0 Å². The van der Waals surface area contributed by atoms with E-state index in [1.807, 2.05) is 21.9 Å². The average Bonchev–Trinajstić information content (AvgIpc) is 2.94. The first-order chi connectivity index (χ1) is 13.2. The number of carbonyl (C=O) groups is 2. The van der Waals surface area contributed by atoms with Crippen LogP contribution in [0.3, 0.4) is 0 Å². The first kappa shape index (κ1) is 18.8. The largest absolute Gasteiger partial charge is 0.342 e. The van der Waals surface area contributed by atoms with E-state index in [0.717, 1.165) is 58.5 Å². The van der Waals surface area contributed by atoms with Gasteiger partial charge in [-0.25, -0.2) is 0 Å². The van der Waals surface area contributed by atoms with Crippen molar-refractivity contribution in [2.75, 3.05) is 45.8 Å². The zero-order chi connectivity index (χ0) is 18.6. The molecule has 1 aromatic carbocycles. The van der Waals surface area contributed by atoms with E-state index in [1.54, 1.807) is 11.8 Å². The first-order valence-electron chi connectivity index (χ1n) is 10.2. The molecule has 2 saturated heterocycles. The Hall–Kier alpha value is -1.53. The maximum Gasteiger partial charge on any atom is 0.236 e. The molecule has 0 spiro atoms. The highest BCUT2D eigenvalue weighted by Crippen LogP contribution is 2.37. The zero-order valence-electron chi connectivity index (χ0n) is 15.9. The van der Waals surface area contributed by atoms with Crippen molar-refractivity contribution in [1.82, 2.24) is 14.7 Å². The topological polar surface area (TPSA) is 43.9 Å². The van der Waals surface area contributed by atoms with E-state index in [4.69, 9.17) is 0 Å². The highest BCUT2D eigenvalue weighted by atomic mass is 32.2. The van der Waals surface area contributed by atoms with Gasteiger partial charge in [0, 0.05) is 44.2 Å². The summed E-state index contributed by atoms with van der Waals surface area (Å²) in [6, 6.07) is 8.33. The molecule has 5 nitrogen and oxygen atoms in total. The molecular weight excluding hydrogens is 358 g/mol. The van der Waals surface area contributed by atoms with Gasteiger partial charge in [0.25, 0.3) is 0 Å². The van der Waals surface area contributed by atoms with Gasteiger partial charge in [-0.05, 0) is 30.9 Å². The summed E-state index contributed by atoms with van der Waals surface area (Å²) < 4.78 is 0. The van der Waals surface area contributed by atoms with E-state index in [0.29, 0.717) is 6.54 Å². The summed E-state index contributed by atoms with van der Waals surface area (Å²) >= 11 is 1.70. The molecule has 4 rings (SSSR count). The van der Waals surface area contributed by atoms with E-state index in [1.165, 1.54) is 23.3 Å². The summed E-state index contributed by atoms with van der Waals surface area (Å²) in [7, 11) is 0. The van der Waals surface area contributed by atoms with Gasteiger partial charge >= 0.3 is 0 Å². The summed E-state index contributed by atoms with van der Waals surface area (Å²) in [5, 5.41) is 0.0210. The Balaban J connectivity index is 1.24. The third kappa shape index (κ3) is 4.49. The Bertz CT molecular complexity index is 655. The quantitative estimate of drug-likeness (QED) is 0.798. The fraction of sp³-hybridized carbons (Fsp3) is 0.619. The van der Waals surface area contributed by atoms with Gasteiger partial charge in [0.1, 0.15) is 0 Å². The summed E-state index contributed by atoms with van der Waals surface area (Å²) in [5.41, 5.74) is 1.29. The van der Waals surface area contributed by atoms with Gasteiger partial charge in [-0.3, -0.25) is 14.5 Å². The predicted molar refractivity (Wildman–Crippen MR) is 108 cm³/mol. The second-order valence-electron chi connectivity index (χ2n) is 7.81. The van der Waals surface area contributed by atoms with Crippen molar-refractivity contribution >= 4 is 23.6 Å². The monoisotopic (exact) mass is 387 g/mol. The lowest BCUT2D eigenvalue weighted by atomic mass is 10.1. The molecule has 1 aromatic rings. The number of benzene rings is 1. The Morgan fingerprint density at radius 1 is 0.889 bits per heavy atom. The first-order valence-corrected chi connectivity index (χ1v) is 11.1. The highest BCUT2D eigenvalue weighted by molar-refractivity contribution is 8.01. The number of amides is 2. The zero-order valence-corrected chi connectivity index (χ0v) is 16.8. The van der Waals surface area contributed by atoms with Crippen molar-refractivity contribution in [1.29, 1.82) is 0 Å². The second-order valence-corrected chi connectivity index (χ2v) is 9.06. The molecule has 27 heavy (non-hydrogen) atoms. The van der Waals surface area contributed by atoms with E-state index in [9.17, 15) is 9.59 Å². The number of carbonyl (C=O) groups excluding carboxylic acids is 2. The maximum absolute atomic E-state index is 12.9. The van der Waals surface area contributed by atoms with Crippen LogP contribution in [0.2, 0.25) is 0 Å². The molecule has 0 saturated carbocycles. The van der Waals surface area contributed by atoms with Gasteiger partial charge in [-0.15, -0.1) is 11.8 Å². The van der Waals surface area contributed by atoms with Crippen molar-refractivity contribution in [3.8, 4) is 0 Å². The molecule has 0 aliphatic carbocycles. The normalized spacial score (nSPS) is 23.8. The molecule has 2 fully saturated rings. The van der Waals surface area contributed by atoms with Gasteiger partial charge in [-0.1, -0.05) is 31.0 Å². The molecule has 146 valence electrons. The molecule has 1 atom stereocenters. The Morgan fingerprint density at radius 2 is 1.59 bits per heavy atom. The average molecular weight is 388 g/mol. The van der Waals surface area contributed by atoms with Crippen molar-refractivity contribution < 1.29 is 9.59 Å². The number of thioether (sulfide) groups is 1. The number of hydrogen-bond acceptors (Lipinski definition) is 4. The van der Waals surface area contributed by atoms with E-state index in [2.05, 4.69) is 17.0 Å². The molecule has 3 heterocycles. The highest BCUT2D eigenvalue weighted by Gasteiger charge is 2.33. The minimum atomic E-state index is 0.0210. The van der Waals surface area contributed by atoms with Crippen LogP contribution in [0.25, 0.3) is 0 Å². The molecule has 0 aromatic heterocycles. The van der Waals surface area contributed by atoms with E-state index >= 15 is 0 Å². The summed E-state index contributed by atoms with van der Waals surface area (Å²) in [4.78, 5) is 33.0. The number of rotatable bonds is 3. The van der Waals surface area contributed by atoms with Crippen LogP contribution >= 0.6 is 11.8 Å². The Kier molecular flexibility index (Phi) is 6.03. The van der Waals surface area contributed by atoms with Gasteiger partial charge < -0.3 is 9.80 Å². The third-order valence-corrected chi connectivity index (χ3v) is 7.23. The van der Waals surface area contributed by atoms with Gasteiger partial charge in [0.2, 0.25) is 11.8 Å². The van der Waals surface area contributed by atoms with Crippen LogP contribution in [-0.4, -0.2) is 77.6 Å². The lowest BCUT2D eigenvalue weighted by Gasteiger charge is -2.36. The molecule has 2 amide bonds. The minimum absolute atomic E-state index is 0.0210. The van der Waals surface area contributed by atoms with Crippen molar-refractivity contribution in [3.05, 3.63) is 29.8 Å². The number of hydrogen-bond donors (Lipinski definition) is 0. The molecule has 0 bridgehead atoms. The number of fused-ring (bicyclic) bond motifs is 1. The number of nitrogens with zero attached hydrogens (tertiary/aromatic N) is 3. The predicted octanol–water partition coefficient (Wildman–Crippen LogP) is 2.25. The molecule has 6 heteroatoms. The minimum Gasteiger partial charge on any atom is -0.342 e. The number of likely N-dealkylation sites (tertiary alicyclic amines) is 1. The van der Waals surface area contributed by atoms with Crippen molar-refractivity contribution in [2.24, 2.45) is 0 Å². The lowest BCUT2D eigenvalue weighted by Crippen LogP contribution is -2.53. The fourth-order valence-corrected chi connectivity index (χ4v) is 5.54. The SMILES string of the molecule is O=C(CN1CCN(C(=O)C2Cc3ccccc3S2)CC1)N1CCCCCC1. The van der Waals surface area contributed by atoms with Crippen LogP contribution in [0, 0.1) is 0 Å². The fourth-order valence-electron chi connectivity index (χ4n) is 4.26. The summed E-state index contributed by atoms with van der Waals surface area (Å²) in [6.45, 7) is 5.41. The van der Waals surface area contributed by atoms with Crippen LogP contribution in [0.15, 0.2) is 29.2 Å². The molecule has 3 aliphatic heterocycles. The summed E-state index contributed by atoms with van der Waals surface area (Å²) in [6.07, 6.45) is 5.60. The van der Waals surface area contributed by atoms with Crippen molar-refractivity contribution in [2.45, 2.75) is 42.2 Å². The Morgan fingerprint density at radius 3 is 2.30 bits per heavy atom. The van der Waals surface area contributed by atoms with Crippen LogP contribution in [0.1, 0.15) is 31.2 Å². The third-order valence-electron chi connectivity index (χ3n) is 5.92. The molecular formula is C21H29N3O2S. The van der Waals surface area contributed by atoms with Crippen LogP contribution in [-0.2, 0) is 16.0 Å². The van der Waals surface area contributed by atoms with Crippen LogP contribution in [0.5, 0.6) is 0 Å². The molecule has 1 unspecified atom stereocenters. The van der Waals surface area contributed by atoms with Gasteiger partial charge in [0.15, 0.2) is 0 Å². The summed E-state index contributed by atoms with van der Waals surface area (Å²) in [5.74, 6) is 0.521. The Labute approximate surface area is 166 Å². The molecule has 0 radical (unpaired) electrons. The lowest BCUT2D eigenvalue weighted by molar-refractivity contribution is -0.134. The second kappa shape index (κ2) is 8.65. The van der Waals surface area contributed by atoms with E-state index in [-0.39, 0.29) is 17.1 Å². The van der Waals surface area contributed by atoms with Gasteiger partial charge in [0.05, 0.1) is 11.8 Å². The number of piperazine rings is 1. The smallest absolute Gasteiger partial charge is 0.236 e. The van der Waals surface area contributed by atoms with E-state index < -0.39 is 0 Å². The molecule has 0 N–H and O–H groups in total. The molecule has 3 aliphatic rings. The van der Waals surface area contributed by atoms with Crippen molar-refractivity contribution in [3.63, 3.8) is 0 Å². The van der Waals surface area contributed by atoms with Gasteiger partial charge in [-0.2, -0.15) is 0 Å². The van der Waals surface area contributed by atoms with Crippen LogP contribution < -0.4 is 0 Å². The standard InChI is InChI=1S/C21H29N3O2S/c25-20(23-9-5-1-2-6-10-23)16-22-11-13-24(14-12-22)21(26)19-15-17-7-3-4-8-18(17)27-19/h3-4,7-8,19H,1-2,5-6,9-16H2.